The molecule has 108 valence electrons. The molecule has 0 bridgehead atoms. The fraction of sp³-hybridized carbons (Fsp3) is 0.176. The predicted molar refractivity (Wildman–Crippen MR) is 82.2 cm³/mol. The third kappa shape index (κ3) is 3.00. The highest BCUT2D eigenvalue weighted by Crippen LogP contribution is 2.27. The van der Waals surface area contributed by atoms with Crippen molar-refractivity contribution in [3.8, 4) is 0 Å². The van der Waals surface area contributed by atoms with Gasteiger partial charge in [-0.05, 0) is 42.7 Å². The van der Waals surface area contributed by atoms with E-state index in [4.69, 9.17) is 4.18 Å². The van der Waals surface area contributed by atoms with Gasteiger partial charge >= 0.3 is 10.1 Å². The molecule has 3 nitrogen and oxygen atoms in total. The van der Waals surface area contributed by atoms with E-state index in [9.17, 15) is 8.42 Å². The van der Waals surface area contributed by atoms with Crippen molar-refractivity contribution in [2.45, 2.75) is 24.7 Å². The van der Waals surface area contributed by atoms with Crippen LogP contribution in [0, 0.1) is 6.92 Å². The molecule has 0 spiro atoms. The molecule has 1 aliphatic carbocycles. The first-order chi connectivity index (χ1) is 10.0. The summed E-state index contributed by atoms with van der Waals surface area (Å²) in [6, 6.07) is 14.6. The molecule has 0 heterocycles. The molecule has 0 N–H and O–H groups in total. The van der Waals surface area contributed by atoms with Gasteiger partial charge in [-0.2, -0.15) is 8.42 Å². The SMILES string of the molecule is Cc1ccc(S(=O)(=O)OC2=Cc3ccccc3CC2)cc1. The highest BCUT2D eigenvalue weighted by Gasteiger charge is 2.20. The molecule has 21 heavy (non-hydrogen) atoms. The van der Waals surface area contributed by atoms with Crippen molar-refractivity contribution in [1.82, 2.24) is 0 Å². The highest BCUT2D eigenvalue weighted by atomic mass is 32.2. The smallest absolute Gasteiger partial charge is 0.338 e. The van der Waals surface area contributed by atoms with E-state index in [0.717, 1.165) is 17.5 Å². The van der Waals surface area contributed by atoms with Crippen molar-refractivity contribution in [2.75, 3.05) is 0 Å². The van der Waals surface area contributed by atoms with Crippen molar-refractivity contribution in [2.24, 2.45) is 0 Å². The number of hydrogen-bond donors (Lipinski definition) is 0. The molecule has 2 aromatic carbocycles. The standard InChI is InChI=1S/C17H16O3S/c1-13-6-10-17(11-7-13)21(18,19)20-16-9-8-14-4-2-3-5-15(14)12-16/h2-7,10-12H,8-9H2,1H3. The van der Waals surface area contributed by atoms with Crippen LogP contribution in [0.4, 0.5) is 0 Å². The van der Waals surface area contributed by atoms with Crippen molar-refractivity contribution < 1.29 is 12.6 Å². The Balaban J connectivity index is 1.87. The topological polar surface area (TPSA) is 43.4 Å². The minimum atomic E-state index is -3.75. The van der Waals surface area contributed by atoms with E-state index in [1.54, 1.807) is 24.3 Å². The van der Waals surface area contributed by atoms with Gasteiger partial charge in [-0.25, -0.2) is 0 Å². The molecule has 0 aromatic heterocycles. The minimum absolute atomic E-state index is 0.188. The summed E-state index contributed by atoms with van der Waals surface area (Å²) in [7, 11) is -3.75. The average molecular weight is 300 g/mol. The Kier molecular flexibility index (Phi) is 3.55. The van der Waals surface area contributed by atoms with Crippen molar-refractivity contribution in [3.63, 3.8) is 0 Å². The maximum Gasteiger partial charge on any atom is 0.338 e. The second kappa shape index (κ2) is 5.37. The summed E-state index contributed by atoms with van der Waals surface area (Å²) in [5.74, 6) is 0.495. The fourth-order valence-corrected chi connectivity index (χ4v) is 3.34. The Morgan fingerprint density at radius 2 is 1.67 bits per heavy atom. The normalized spacial score (nSPS) is 14.2. The first kappa shape index (κ1) is 13.9. The number of fused-ring (bicyclic) bond motifs is 1. The van der Waals surface area contributed by atoms with Gasteiger partial charge in [-0.1, -0.05) is 42.0 Å². The second-order valence-electron chi connectivity index (χ2n) is 5.16. The van der Waals surface area contributed by atoms with Crippen molar-refractivity contribution in [1.29, 1.82) is 0 Å². The van der Waals surface area contributed by atoms with Gasteiger partial charge in [0.15, 0.2) is 0 Å². The van der Waals surface area contributed by atoms with Crippen molar-refractivity contribution >= 4 is 16.2 Å². The summed E-state index contributed by atoms with van der Waals surface area (Å²) in [5, 5.41) is 0. The molecule has 3 rings (SSSR count). The molecule has 0 amide bonds. The van der Waals surface area contributed by atoms with Gasteiger partial charge in [0.25, 0.3) is 0 Å². The molecular weight excluding hydrogens is 284 g/mol. The molecular formula is C17H16O3S. The molecule has 0 aliphatic heterocycles. The van der Waals surface area contributed by atoms with Gasteiger partial charge in [-0.15, -0.1) is 0 Å². The number of benzene rings is 2. The fourth-order valence-electron chi connectivity index (χ4n) is 2.37. The monoisotopic (exact) mass is 300 g/mol. The Hall–Kier alpha value is -2.07. The van der Waals surface area contributed by atoms with Crippen LogP contribution in [0.3, 0.4) is 0 Å². The molecule has 0 saturated carbocycles. The van der Waals surface area contributed by atoms with Gasteiger partial charge in [0, 0.05) is 6.42 Å². The third-order valence-corrected chi connectivity index (χ3v) is 4.82. The highest BCUT2D eigenvalue weighted by molar-refractivity contribution is 7.86. The van der Waals surface area contributed by atoms with Crippen LogP contribution < -0.4 is 0 Å². The quantitative estimate of drug-likeness (QED) is 0.812. The zero-order valence-electron chi connectivity index (χ0n) is 11.7. The second-order valence-corrected chi connectivity index (χ2v) is 6.71. The average Bonchev–Trinajstić information content (AvgIpc) is 2.47. The van der Waals surface area contributed by atoms with Crippen LogP contribution >= 0.6 is 0 Å². The molecule has 2 aromatic rings. The Morgan fingerprint density at radius 1 is 0.952 bits per heavy atom. The molecule has 0 saturated heterocycles. The van der Waals surface area contributed by atoms with E-state index in [2.05, 4.69) is 6.07 Å². The zero-order chi connectivity index (χ0) is 14.9. The van der Waals surface area contributed by atoms with E-state index in [0.29, 0.717) is 12.2 Å². The lowest BCUT2D eigenvalue weighted by Gasteiger charge is -2.16. The van der Waals surface area contributed by atoms with E-state index >= 15 is 0 Å². The van der Waals surface area contributed by atoms with Crippen LogP contribution in [0.15, 0.2) is 59.2 Å². The Labute approximate surface area is 125 Å². The van der Waals surface area contributed by atoms with Gasteiger partial charge in [0.05, 0.1) is 0 Å². The molecule has 4 heteroatoms. The lowest BCUT2D eigenvalue weighted by molar-refractivity contribution is 0.392. The Bertz CT molecular complexity index is 787. The predicted octanol–water partition coefficient (Wildman–Crippen LogP) is 3.69. The molecule has 1 aliphatic rings. The van der Waals surface area contributed by atoms with E-state index < -0.39 is 10.1 Å². The largest absolute Gasteiger partial charge is 0.383 e. The van der Waals surface area contributed by atoms with E-state index in [-0.39, 0.29) is 4.90 Å². The van der Waals surface area contributed by atoms with Gasteiger partial charge in [0.2, 0.25) is 0 Å². The van der Waals surface area contributed by atoms with Crippen LogP contribution in [-0.2, 0) is 20.7 Å². The van der Waals surface area contributed by atoms with Crippen LogP contribution in [0.1, 0.15) is 23.1 Å². The van der Waals surface area contributed by atoms with Crippen LogP contribution in [-0.4, -0.2) is 8.42 Å². The summed E-state index contributed by atoms with van der Waals surface area (Å²) in [6.45, 7) is 1.91. The van der Waals surface area contributed by atoms with Crippen LogP contribution in [0.2, 0.25) is 0 Å². The van der Waals surface area contributed by atoms with Crippen LogP contribution in [0.5, 0.6) is 0 Å². The molecule has 0 fully saturated rings. The maximum absolute atomic E-state index is 12.3. The summed E-state index contributed by atoms with van der Waals surface area (Å²) < 4.78 is 29.8. The van der Waals surface area contributed by atoms with Crippen LogP contribution in [0.25, 0.3) is 6.08 Å². The lowest BCUT2D eigenvalue weighted by Crippen LogP contribution is -2.09. The minimum Gasteiger partial charge on any atom is -0.383 e. The number of aryl methyl sites for hydroxylation is 2. The van der Waals surface area contributed by atoms with Gasteiger partial charge in [0.1, 0.15) is 10.7 Å². The van der Waals surface area contributed by atoms with E-state index in [1.165, 1.54) is 5.56 Å². The van der Waals surface area contributed by atoms with Crippen molar-refractivity contribution in [3.05, 3.63) is 71.0 Å². The maximum atomic E-state index is 12.3. The zero-order valence-corrected chi connectivity index (χ0v) is 12.6. The summed E-state index contributed by atoms with van der Waals surface area (Å²) in [5.41, 5.74) is 3.26. The van der Waals surface area contributed by atoms with Gasteiger partial charge in [-0.3, -0.25) is 0 Å². The molecule has 0 unspecified atom stereocenters. The summed E-state index contributed by atoms with van der Waals surface area (Å²) in [4.78, 5) is 0.188. The number of allylic oxidation sites excluding steroid dienone is 1. The molecule has 0 atom stereocenters. The first-order valence-corrected chi connectivity index (χ1v) is 8.25. The number of hydrogen-bond acceptors (Lipinski definition) is 3. The Morgan fingerprint density at radius 3 is 2.43 bits per heavy atom. The lowest BCUT2D eigenvalue weighted by atomic mass is 9.97. The summed E-state index contributed by atoms with van der Waals surface area (Å²) in [6.07, 6.45) is 3.21. The third-order valence-electron chi connectivity index (χ3n) is 3.54. The first-order valence-electron chi connectivity index (χ1n) is 6.84. The number of rotatable bonds is 3. The summed E-state index contributed by atoms with van der Waals surface area (Å²) >= 11 is 0. The van der Waals surface area contributed by atoms with E-state index in [1.807, 2.05) is 31.2 Å². The molecule has 0 radical (unpaired) electrons. The van der Waals surface area contributed by atoms with Gasteiger partial charge < -0.3 is 4.18 Å².